The molecule has 7 heteroatoms. The molecule has 0 atom stereocenters. The second-order valence-electron chi connectivity index (χ2n) is 7.17. The van der Waals surface area contributed by atoms with Crippen molar-refractivity contribution in [2.45, 2.75) is 6.92 Å². The predicted octanol–water partition coefficient (Wildman–Crippen LogP) is 4.84. The number of carbonyl (C=O) groups excluding carboxylic acids is 2. The number of ether oxygens (including phenoxy) is 1. The van der Waals surface area contributed by atoms with Crippen LogP contribution in [0.5, 0.6) is 0 Å². The SMILES string of the molecule is CCOC(=O)c1ccc(-c2ccc(/C=N/NC(=O)CNc3cccc4ccccc34)o2)cc1. The lowest BCUT2D eigenvalue weighted by Crippen LogP contribution is -2.25. The van der Waals surface area contributed by atoms with E-state index in [0.29, 0.717) is 23.7 Å². The van der Waals surface area contributed by atoms with Crippen LogP contribution in [0.25, 0.3) is 22.1 Å². The molecule has 166 valence electrons. The molecule has 3 aromatic carbocycles. The molecule has 0 aliphatic carbocycles. The van der Waals surface area contributed by atoms with Gasteiger partial charge in [-0.2, -0.15) is 5.10 Å². The highest BCUT2D eigenvalue weighted by atomic mass is 16.5. The molecule has 0 aliphatic rings. The number of benzene rings is 3. The zero-order valence-electron chi connectivity index (χ0n) is 18.1. The van der Waals surface area contributed by atoms with E-state index in [4.69, 9.17) is 9.15 Å². The molecule has 33 heavy (non-hydrogen) atoms. The number of rotatable bonds is 8. The number of amides is 1. The molecule has 7 nitrogen and oxygen atoms in total. The second-order valence-corrected chi connectivity index (χ2v) is 7.17. The normalized spacial score (nSPS) is 10.9. The first kappa shape index (κ1) is 21.8. The summed E-state index contributed by atoms with van der Waals surface area (Å²) in [5.41, 5.74) is 4.66. The third-order valence-corrected chi connectivity index (χ3v) is 4.92. The number of hydrogen-bond donors (Lipinski definition) is 2. The molecule has 0 fully saturated rings. The van der Waals surface area contributed by atoms with Crippen molar-refractivity contribution in [3.05, 3.63) is 90.2 Å². The van der Waals surface area contributed by atoms with Crippen LogP contribution in [0.2, 0.25) is 0 Å². The molecule has 0 bridgehead atoms. The number of anilines is 1. The molecule has 0 spiro atoms. The monoisotopic (exact) mass is 441 g/mol. The smallest absolute Gasteiger partial charge is 0.338 e. The van der Waals surface area contributed by atoms with E-state index in [0.717, 1.165) is 22.0 Å². The van der Waals surface area contributed by atoms with Gasteiger partial charge in [-0.15, -0.1) is 0 Å². The van der Waals surface area contributed by atoms with Crippen molar-refractivity contribution in [2.24, 2.45) is 5.10 Å². The van der Waals surface area contributed by atoms with E-state index in [1.54, 1.807) is 43.3 Å². The Balaban J connectivity index is 1.31. The first-order valence-electron chi connectivity index (χ1n) is 10.5. The van der Waals surface area contributed by atoms with Crippen molar-refractivity contribution in [2.75, 3.05) is 18.5 Å². The van der Waals surface area contributed by atoms with Gasteiger partial charge in [-0.25, -0.2) is 10.2 Å². The molecule has 0 radical (unpaired) electrons. The molecule has 4 aromatic rings. The zero-order valence-corrected chi connectivity index (χ0v) is 18.1. The molecular formula is C26H23N3O4. The molecule has 1 heterocycles. The van der Waals surface area contributed by atoms with Gasteiger partial charge in [-0.05, 0) is 42.6 Å². The first-order valence-corrected chi connectivity index (χ1v) is 10.5. The lowest BCUT2D eigenvalue weighted by atomic mass is 10.1. The number of nitrogens with one attached hydrogen (secondary N) is 2. The van der Waals surface area contributed by atoms with Gasteiger partial charge in [-0.3, -0.25) is 4.79 Å². The molecule has 0 saturated carbocycles. The summed E-state index contributed by atoms with van der Waals surface area (Å²) in [6.45, 7) is 2.18. The minimum atomic E-state index is -0.359. The van der Waals surface area contributed by atoms with Crippen LogP contribution >= 0.6 is 0 Å². The van der Waals surface area contributed by atoms with Gasteiger partial charge in [0.1, 0.15) is 11.5 Å². The average molecular weight is 441 g/mol. The fourth-order valence-corrected chi connectivity index (χ4v) is 3.32. The van der Waals surface area contributed by atoms with E-state index in [9.17, 15) is 9.59 Å². The first-order chi connectivity index (χ1) is 16.1. The van der Waals surface area contributed by atoms with Crippen LogP contribution in [0.15, 0.2) is 88.4 Å². The summed E-state index contributed by atoms with van der Waals surface area (Å²) in [6, 6.07) is 24.4. The van der Waals surface area contributed by atoms with Gasteiger partial charge in [0.2, 0.25) is 0 Å². The maximum Gasteiger partial charge on any atom is 0.338 e. The number of carbonyl (C=O) groups is 2. The van der Waals surface area contributed by atoms with Crippen molar-refractivity contribution in [3.63, 3.8) is 0 Å². The highest BCUT2D eigenvalue weighted by Gasteiger charge is 2.09. The van der Waals surface area contributed by atoms with Gasteiger partial charge in [-0.1, -0.05) is 48.5 Å². The Labute approximate surface area is 191 Å². The Morgan fingerprint density at radius 3 is 2.58 bits per heavy atom. The van der Waals surface area contributed by atoms with E-state index >= 15 is 0 Å². The molecule has 1 aromatic heterocycles. The van der Waals surface area contributed by atoms with Crippen molar-refractivity contribution >= 4 is 34.6 Å². The van der Waals surface area contributed by atoms with Crippen LogP contribution in [0, 0.1) is 0 Å². The van der Waals surface area contributed by atoms with Gasteiger partial charge in [0.15, 0.2) is 0 Å². The molecule has 1 amide bonds. The van der Waals surface area contributed by atoms with Crippen LogP contribution in [-0.2, 0) is 9.53 Å². The van der Waals surface area contributed by atoms with Crippen molar-refractivity contribution in [3.8, 4) is 11.3 Å². The largest absolute Gasteiger partial charge is 0.462 e. The fourth-order valence-electron chi connectivity index (χ4n) is 3.32. The third-order valence-electron chi connectivity index (χ3n) is 4.92. The maximum atomic E-state index is 12.1. The number of esters is 1. The topological polar surface area (TPSA) is 92.9 Å². The summed E-state index contributed by atoms with van der Waals surface area (Å²) in [5, 5.41) is 9.25. The van der Waals surface area contributed by atoms with E-state index in [1.807, 2.05) is 42.5 Å². The van der Waals surface area contributed by atoms with Gasteiger partial charge in [0.05, 0.1) is 24.9 Å². The highest BCUT2D eigenvalue weighted by Crippen LogP contribution is 2.23. The third kappa shape index (κ3) is 5.46. The van der Waals surface area contributed by atoms with E-state index in [2.05, 4.69) is 15.8 Å². The standard InChI is InChI=1S/C26H23N3O4/c1-2-32-26(31)20-12-10-19(11-13-20)24-15-14-21(33-24)16-28-29-25(30)17-27-23-9-5-7-18-6-3-4-8-22(18)23/h3-16,27H,2,17H2,1H3,(H,29,30)/b28-16+. The number of furan rings is 1. The van der Waals surface area contributed by atoms with E-state index < -0.39 is 0 Å². The van der Waals surface area contributed by atoms with Crippen LogP contribution in [-0.4, -0.2) is 31.2 Å². The van der Waals surface area contributed by atoms with E-state index in [-0.39, 0.29) is 18.4 Å². The van der Waals surface area contributed by atoms with Crippen LogP contribution in [0.3, 0.4) is 0 Å². The molecule has 4 rings (SSSR count). The summed E-state index contributed by atoms with van der Waals surface area (Å²) in [4.78, 5) is 23.9. The molecule has 0 unspecified atom stereocenters. The summed E-state index contributed by atoms with van der Waals surface area (Å²) in [7, 11) is 0. The number of hydrogen-bond acceptors (Lipinski definition) is 6. The minimum Gasteiger partial charge on any atom is -0.462 e. The Morgan fingerprint density at radius 2 is 1.76 bits per heavy atom. The average Bonchev–Trinajstić information content (AvgIpc) is 3.32. The summed E-state index contributed by atoms with van der Waals surface area (Å²) in [5.74, 6) is 0.472. The van der Waals surface area contributed by atoms with Gasteiger partial charge >= 0.3 is 5.97 Å². The van der Waals surface area contributed by atoms with Crippen LogP contribution in [0.4, 0.5) is 5.69 Å². The number of hydrazone groups is 1. The predicted molar refractivity (Wildman–Crippen MR) is 128 cm³/mol. The maximum absolute atomic E-state index is 12.1. The quantitative estimate of drug-likeness (QED) is 0.232. The van der Waals surface area contributed by atoms with Gasteiger partial charge < -0.3 is 14.5 Å². The van der Waals surface area contributed by atoms with Crippen molar-refractivity contribution < 1.29 is 18.7 Å². The van der Waals surface area contributed by atoms with Gasteiger partial charge in [0, 0.05) is 16.6 Å². The lowest BCUT2D eigenvalue weighted by molar-refractivity contribution is -0.119. The Bertz CT molecular complexity index is 1290. The lowest BCUT2D eigenvalue weighted by Gasteiger charge is -2.08. The highest BCUT2D eigenvalue weighted by molar-refractivity contribution is 5.95. The van der Waals surface area contributed by atoms with Crippen molar-refractivity contribution in [1.82, 2.24) is 5.43 Å². The fraction of sp³-hybridized carbons (Fsp3) is 0.115. The van der Waals surface area contributed by atoms with Crippen LogP contribution in [0.1, 0.15) is 23.0 Å². The molecule has 2 N–H and O–H groups in total. The number of nitrogens with zero attached hydrogens (tertiary/aromatic N) is 1. The van der Waals surface area contributed by atoms with Gasteiger partial charge in [0.25, 0.3) is 5.91 Å². The second kappa shape index (κ2) is 10.3. The summed E-state index contributed by atoms with van der Waals surface area (Å²) < 4.78 is 10.7. The van der Waals surface area contributed by atoms with Crippen LogP contribution < -0.4 is 10.7 Å². The Hall–Kier alpha value is -4.39. The van der Waals surface area contributed by atoms with E-state index in [1.165, 1.54) is 6.21 Å². The minimum absolute atomic E-state index is 0.0849. The molecule has 0 saturated heterocycles. The summed E-state index contributed by atoms with van der Waals surface area (Å²) in [6.07, 6.45) is 1.44. The number of fused-ring (bicyclic) bond motifs is 1. The zero-order chi connectivity index (χ0) is 23.0. The van der Waals surface area contributed by atoms with Crippen molar-refractivity contribution in [1.29, 1.82) is 0 Å². The summed E-state index contributed by atoms with van der Waals surface area (Å²) >= 11 is 0. The Morgan fingerprint density at radius 1 is 0.970 bits per heavy atom. The Kier molecular flexibility index (Phi) is 6.80. The molecule has 0 aliphatic heterocycles. The molecular weight excluding hydrogens is 418 g/mol.